The van der Waals surface area contributed by atoms with Crippen molar-refractivity contribution in [2.24, 2.45) is 0 Å². The van der Waals surface area contributed by atoms with Crippen molar-refractivity contribution in [3.05, 3.63) is 64.4 Å². The van der Waals surface area contributed by atoms with E-state index in [0.29, 0.717) is 16.3 Å². The van der Waals surface area contributed by atoms with E-state index in [0.717, 1.165) is 0 Å². The van der Waals surface area contributed by atoms with Crippen LogP contribution in [0.25, 0.3) is 0 Å². The fourth-order valence-corrected chi connectivity index (χ4v) is 1.89. The third kappa shape index (κ3) is 3.27. The van der Waals surface area contributed by atoms with E-state index in [1.165, 1.54) is 24.3 Å². The van der Waals surface area contributed by atoms with E-state index in [9.17, 15) is 9.50 Å². The van der Waals surface area contributed by atoms with Gasteiger partial charge in [-0.1, -0.05) is 29.8 Å². The molecule has 0 aliphatic heterocycles. The van der Waals surface area contributed by atoms with Crippen LogP contribution in [0.4, 0.5) is 4.39 Å². The molecule has 0 fully saturated rings. The van der Waals surface area contributed by atoms with Crippen molar-refractivity contribution in [3.63, 3.8) is 0 Å². The molecule has 0 heterocycles. The number of aliphatic hydroxyl groups excluding tert-OH is 1. The average molecular weight is 292 g/mol. The number of halogens is 2. The Morgan fingerprint density at radius 1 is 1.25 bits per heavy atom. The second-order valence-corrected chi connectivity index (χ2v) is 4.51. The Balaban J connectivity index is 2.07. The SMILES string of the molecule is N#Cc1c(Cl)cccc1OCC(O)c1ccc(F)cc1. The maximum atomic E-state index is 12.8. The summed E-state index contributed by atoms with van der Waals surface area (Å²) in [7, 11) is 0. The van der Waals surface area contributed by atoms with Crippen molar-refractivity contribution < 1.29 is 14.2 Å². The lowest BCUT2D eigenvalue weighted by Crippen LogP contribution is -2.10. The minimum absolute atomic E-state index is 0.0549. The number of hydrogen-bond acceptors (Lipinski definition) is 3. The normalized spacial score (nSPS) is 11.7. The lowest BCUT2D eigenvalue weighted by Gasteiger charge is -2.13. The molecular weight excluding hydrogens is 281 g/mol. The molecule has 0 saturated carbocycles. The molecule has 2 aromatic carbocycles. The summed E-state index contributed by atoms with van der Waals surface area (Å²) in [6.07, 6.45) is -0.916. The summed E-state index contributed by atoms with van der Waals surface area (Å²) in [5.41, 5.74) is 0.757. The second kappa shape index (κ2) is 6.38. The van der Waals surface area contributed by atoms with Gasteiger partial charge >= 0.3 is 0 Å². The monoisotopic (exact) mass is 291 g/mol. The number of rotatable bonds is 4. The molecule has 0 aromatic heterocycles. The van der Waals surface area contributed by atoms with Gasteiger partial charge in [-0.3, -0.25) is 0 Å². The molecule has 1 unspecified atom stereocenters. The predicted molar refractivity (Wildman–Crippen MR) is 73.0 cm³/mol. The van der Waals surface area contributed by atoms with Gasteiger partial charge in [0.1, 0.15) is 35.9 Å². The Labute approximate surface area is 120 Å². The third-order valence-electron chi connectivity index (χ3n) is 2.74. The smallest absolute Gasteiger partial charge is 0.138 e. The highest BCUT2D eigenvalue weighted by Gasteiger charge is 2.12. The summed E-state index contributed by atoms with van der Waals surface area (Å²) < 4.78 is 18.2. The van der Waals surface area contributed by atoms with Crippen LogP contribution in [0.3, 0.4) is 0 Å². The largest absolute Gasteiger partial charge is 0.489 e. The molecule has 0 aliphatic rings. The van der Waals surface area contributed by atoms with Gasteiger partial charge < -0.3 is 9.84 Å². The third-order valence-corrected chi connectivity index (χ3v) is 3.05. The molecular formula is C15H11ClFNO2. The average Bonchev–Trinajstić information content (AvgIpc) is 2.45. The first-order chi connectivity index (χ1) is 9.61. The van der Waals surface area contributed by atoms with Gasteiger partial charge in [-0.05, 0) is 29.8 Å². The van der Waals surface area contributed by atoms with Gasteiger partial charge in [0.05, 0.1) is 5.02 Å². The van der Waals surface area contributed by atoms with Crippen LogP contribution < -0.4 is 4.74 Å². The summed E-state index contributed by atoms with van der Waals surface area (Å²) in [6.45, 7) is -0.0549. The molecule has 0 spiro atoms. The van der Waals surface area contributed by atoms with Crippen LogP contribution in [-0.2, 0) is 0 Å². The molecule has 0 radical (unpaired) electrons. The van der Waals surface area contributed by atoms with Gasteiger partial charge in [0, 0.05) is 0 Å². The van der Waals surface area contributed by atoms with Crippen LogP contribution in [0.2, 0.25) is 5.02 Å². The fourth-order valence-electron chi connectivity index (χ4n) is 1.68. The van der Waals surface area contributed by atoms with Gasteiger partial charge in [0.2, 0.25) is 0 Å². The van der Waals surface area contributed by atoms with Crippen LogP contribution in [0.5, 0.6) is 5.75 Å². The molecule has 3 nitrogen and oxygen atoms in total. The Hall–Kier alpha value is -2.09. The van der Waals surface area contributed by atoms with Crippen LogP contribution in [0.15, 0.2) is 42.5 Å². The van der Waals surface area contributed by atoms with E-state index in [4.69, 9.17) is 21.6 Å². The summed E-state index contributed by atoms with van der Waals surface area (Å²) >= 11 is 5.87. The van der Waals surface area contributed by atoms with Gasteiger partial charge in [-0.2, -0.15) is 5.26 Å². The summed E-state index contributed by atoms with van der Waals surface area (Å²) in [5, 5.41) is 19.2. The van der Waals surface area contributed by atoms with E-state index >= 15 is 0 Å². The molecule has 0 bridgehead atoms. The van der Waals surface area contributed by atoms with Gasteiger partial charge in [-0.25, -0.2) is 4.39 Å². The zero-order valence-electron chi connectivity index (χ0n) is 10.4. The summed E-state index contributed by atoms with van der Waals surface area (Å²) in [6, 6.07) is 12.3. The molecule has 0 saturated heterocycles. The van der Waals surface area contributed by atoms with Gasteiger partial charge in [0.15, 0.2) is 0 Å². The zero-order chi connectivity index (χ0) is 14.5. The summed E-state index contributed by atoms with van der Waals surface area (Å²) in [4.78, 5) is 0. The van der Waals surface area contributed by atoms with Gasteiger partial charge in [-0.15, -0.1) is 0 Å². The number of ether oxygens (including phenoxy) is 1. The van der Waals surface area contributed by atoms with E-state index < -0.39 is 6.10 Å². The second-order valence-electron chi connectivity index (χ2n) is 4.10. The highest BCUT2D eigenvalue weighted by Crippen LogP contribution is 2.26. The Kier molecular flexibility index (Phi) is 4.57. The molecule has 2 rings (SSSR count). The van der Waals surface area contributed by atoms with E-state index in [1.807, 2.05) is 6.07 Å². The fraction of sp³-hybridized carbons (Fsp3) is 0.133. The molecule has 102 valence electrons. The zero-order valence-corrected chi connectivity index (χ0v) is 11.1. The van der Waals surface area contributed by atoms with E-state index in [2.05, 4.69) is 0 Å². The van der Waals surface area contributed by atoms with Crippen molar-refractivity contribution in [2.45, 2.75) is 6.10 Å². The number of benzene rings is 2. The quantitative estimate of drug-likeness (QED) is 0.938. The molecule has 2 aromatic rings. The standard InChI is InChI=1S/C15H11ClFNO2/c16-13-2-1-3-15(12(13)8-18)20-9-14(19)10-4-6-11(17)7-5-10/h1-7,14,19H,9H2. The number of aliphatic hydroxyl groups is 1. The van der Waals surface area contributed by atoms with E-state index in [-0.39, 0.29) is 18.0 Å². The van der Waals surface area contributed by atoms with Crippen molar-refractivity contribution in [1.29, 1.82) is 5.26 Å². The maximum Gasteiger partial charge on any atom is 0.138 e. The molecule has 1 N–H and O–H groups in total. The van der Waals surface area contributed by atoms with Crippen LogP contribution in [-0.4, -0.2) is 11.7 Å². The first kappa shape index (κ1) is 14.3. The first-order valence-electron chi connectivity index (χ1n) is 5.86. The Morgan fingerprint density at radius 2 is 1.95 bits per heavy atom. The minimum atomic E-state index is -0.916. The highest BCUT2D eigenvalue weighted by molar-refractivity contribution is 6.31. The van der Waals surface area contributed by atoms with Crippen molar-refractivity contribution in [1.82, 2.24) is 0 Å². The minimum Gasteiger partial charge on any atom is -0.489 e. The highest BCUT2D eigenvalue weighted by atomic mass is 35.5. The van der Waals surface area contributed by atoms with Crippen molar-refractivity contribution in [2.75, 3.05) is 6.61 Å². The van der Waals surface area contributed by atoms with Gasteiger partial charge in [0.25, 0.3) is 0 Å². The van der Waals surface area contributed by atoms with Crippen molar-refractivity contribution in [3.8, 4) is 11.8 Å². The summed E-state index contributed by atoms with van der Waals surface area (Å²) in [5.74, 6) is -0.0652. The number of nitriles is 1. The molecule has 5 heteroatoms. The maximum absolute atomic E-state index is 12.8. The molecule has 0 amide bonds. The Morgan fingerprint density at radius 3 is 2.60 bits per heavy atom. The molecule has 0 aliphatic carbocycles. The van der Waals surface area contributed by atoms with Crippen LogP contribution in [0, 0.1) is 17.1 Å². The predicted octanol–water partition coefficient (Wildman–Crippen LogP) is 3.46. The van der Waals surface area contributed by atoms with E-state index in [1.54, 1.807) is 18.2 Å². The molecule has 1 atom stereocenters. The number of nitrogens with zero attached hydrogens (tertiary/aromatic N) is 1. The lowest BCUT2D eigenvalue weighted by molar-refractivity contribution is 0.108. The van der Waals surface area contributed by atoms with Crippen LogP contribution in [0.1, 0.15) is 17.2 Å². The molecule has 20 heavy (non-hydrogen) atoms. The Bertz CT molecular complexity index is 637. The van der Waals surface area contributed by atoms with Crippen molar-refractivity contribution >= 4 is 11.6 Å². The number of hydrogen-bond donors (Lipinski definition) is 1. The van der Waals surface area contributed by atoms with Crippen LogP contribution >= 0.6 is 11.6 Å². The lowest BCUT2D eigenvalue weighted by atomic mass is 10.1. The first-order valence-corrected chi connectivity index (χ1v) is 6.24. The topological polar surface area (TPSA) is 53.2 Å².